The molecule has 2 aromatic heterocycles. The van der Waals surface area contributed by atoms with Crippen molar-refractivity contribution in [2.45, 2.75) is 31.5 Å². The molecule has 1 aliphatic carbocycles. The highest BCUT2D eigenvalue weighted by Crippen LogP contribution is 2.51. The van der Waals surface area contributed by atoms with Crippen molar-refractivity contribution in [1.82, 2.24) is 24.6 Å². The quantitative estimate of drug-likeness (QED) is 0.396. The molecule has 0 radical (unpaired) electrons. The third-order valence-electron chi connectivity index (χ3n) is 7.62. The molecule has 2 amide bonds. The molecular weight excluding hydrogens is 513 g/mol. The van der Waals surface area contributed by atoms with Crippen LogP contribution < -0.4 is 0 Å². The molecule has 0 saturated heterocycles. The molecule has 1 saturated carbocycles. The van der Waals surface area contributed by atoms with E-state index in [-0.39, 0.29) is 28.9 Å². The third-order valence-corrected chi connectivity index (χ3v) is 7.91. The summed E-state index contributed by atoms with van der Waals surface area (Å²) in [7, 11) is 1.74. The van der Waals surface area contributed by atoms with Crippen LogP contribution in [0, 0.1) is 5.82 Å². The van der Waals surface area contributed by atoms with Crippen molar-refractivity contribution >= 4 is 40.3 Å². The van der Waals surface area contributed by atoms with Crippen molar-refractivity contribution in [3.63, 3.8) is 0 Å². The highest BCUT2D eigenvalue weighted by Gasteiger charge is 2.50. The molecule has 2 aromatic carbocycles. The van der Waals surface area contributed by atoms with Gasteiger partial charge in [0.15, 0.2) is 0 Å². The van der Waals surface area contributed by atoms with Gasteiger partial charge in [-0.15, -0.1) is 0 Å². The summed E-state index contributed by atoms with van der Waals surface area (Å²) in [5, 5.41) is 14.1. The molecule has 0 unspecified atom stereocenters. The number of hydrogen-bond acceptors (Lipinski definition) is 4. The molecule has 1 aliphatic heterocycles. The van der Waals surface area contributed by atoms with Crippen LogP contribution in [0.2, 0.25) is 5.02 Å². The highest BCUT2D eigenvalue weighted by molar-refractivity contribution is 6.31. The number of carbonyl (C=O) groups is 3. The molecule has 2 aliphatic rings. The average Bonchev–Trinajstić information content (AvgIpc) is 3.46. The SMILES string of the molecule is CN(C(=O)c1cnn2c1CN(C(=O)c1cc3cc(F)c(Cl)cc3[nH]1)CC2)C1(c2ccc(C(=O)O)cc2)CC1. The van der Waals surface area contributed by atoms with E-state index in [9.17, 15) is 23.9 Å². The van der Waals surface area contributed by atoms with Crippen molar-refractivity contribution in [2.75, 3.05) is 13.6 Å². The van der Waals surface area contributed by atoms with Gasteiger partial charge in [0.2, 0.25) is 0 Å². The van der Waals surface area contributed by atoms with E-state index in [1.54, 1.807) is 58.1 Å². The molecule has 4 aromatic rings. The zero-order valence-corrected chi connectivity index (χ0v) is 21.1. The van der Waals surface area contributed by atoms with Crippen LogP contribution in [0.1, 0.15) is 55.3 Å². The van der Waals surface area contributed by atoms with Crippen LogP contribution in [0.3, 0.4) is 0 Å². The number of nitrogens with zero attached hydrogens (tertiary/aromatic N) is 4. The Balaban J connectivity index is 1.24. The van der Waals surface area contributed by atoms with Crippen molar-refractivity contribution < 1.29 is 23.9 Å². The summed E-state index contributed by atoms with van der Waals surface area (Å²) >= 11 is 5.88. The van der Waals surface area contributed by atoms with Crippen molar-refractivity contribution in [1.29, 1.82) is 0 Å². The van der Waals surface area contributed by atoms with Gasteiger partial charge in [0, 0.05) is 24.5 Å². The second kappa shape index (κ2) is 8.70. The predicted molar refractivity (Wildman–Crippen MR) is 137 cm³/mol. The molecule has 2 N–H and O–H groups in total. The first-order valence-electron chi connectivity index (χ1n) is 12.1. The zero-order chi connectivity index (χ0) is 26.8. The number of fused-ring (bicyclic) bond motifs is 2. The fourth-order valence-corrected chi connectivity index (χ4v) is 5.41. The van der Waals surface area contributed by atoms with E-state index in [0.717, 1.165) is 18.4 Å². The lowest BCUT2D eigenvalue weighted by Gasteiger charge is -2.31. The Hall–Kier alpha value is -4.18. The van der Waals surface area contributed by atoms with Crippen molar-refractivity contribution in [3.8, 4) is 0 Å². The monoisotopic (exact) mass is 535 g/mol. The van der Waals surface area contributed by atoms with Gasteiger partial charge >= 0.3 is 5.97 Å². The van der Waals surface area contributed by atoms with Gasteiger partial charge in [0.1, 0.15) is 11.5 Å². The number of benzene rings is 2. The van der Waals surface area contributed by atoms with E-state index >= 15 is 0 Å². The number of aromatic nitrogens is 3. The number of carboxylic acids is 1. The molecule has 194 valence electrons. The highest BCUT2D eigenvalue weighted by atomic mass is 35.5. The molecule has 9 nitrogen and oxygen atoms in total. The van der Waals surface area contributed by atoms with Crippen LogP contribution >= 0.6 is 11.6 Å². The summed E-state index contributed by atoms with van der Waals surface area (Å²) in [4.78, 5) is 44.5. The van der Waals surface area contributed by atoms with Gasteiger partial charge < -0.3 is 19.9 Å². The molecule has 0 atom stereocenters. The van der Waals surface area contributed by atoms with Crippen LogP contribution in [0.25, 0.3) is 10.9 Å². The minimum Gasteiger partial charge on any atom is -0.478 e. The third kappa shape index (κ3) is 3.83. The van der Waals surface area contributed by atoms with Gasteiger partial charge in [-0.05, 0) is 48.7 Å². The molecule has 3 heterocycles. The standard InChI is InChI=1S/C27H23ClFN5O4/c1-32(27(6-7-27)17-4-2-15(3-5-17)26(37)38)24(35)18-13-30-34-9-8-33(14-23(18)34)25(36)22-11-16-10-20(29)19(28)12-21(16)31-22/h2-5,10-13,31H,6-9,14H2,1H3,(H,37,38). The lowest BCUT2D eigenvalue weighted by atomic mass is 10.0. The summed E-state index contributed by atoms with van der Waals surface area (Å²) < 4.78 is 15.6. The van der Waals surface area contributed by atoms with Gasteiger partial charge in [-0.1, -0.05) is 23.7 Å². The number of hydrogen-bond donors (Lipinski definition) is 2. The Morgan fingerprint density at radius 1 is 1.13 bits per heavy atom. The summed E-state index contributed by atoms with van der Waals surface area (Å²) in [6, 6.07) is 10.9. The van der Waals surface area contributed by atoms with Gasteiger partial charge in [-0.25, -0.2) is 9.18 Å². The lowest BCUT2D eigenvalue weighted by Crippen LogP contribution is -2.41. The van der Waals surface area contributed by atoms with E-state index in [1.807, 2.05) is 0 Å². The molecular formula is C27H23ClFN5O4. The van der Waals surface area contributed by atoms with E-state index in [1.165, 1.54) is 12.1 Å². The first-order valence-corrected chi connectivity index (χ1v) is 12.5. The van der Waals surface area contributed by atoms with Crippen molar-refractivity contribution in [3.05, 3.63) is 87.6 Å². The summed E-state index contributed by atoms with van der Waals surface area (Å²) in [6.45, 7) is 1.03. The smallest absolute Gasteiger partial charge is 0.335 e. The fourth-order valence-electron chi connectivity index (χ4n) is 5.24. The van der Waals surface area contributed by atoms with Gasteiger partial charge in [-0.3, -0.25) is 14.3 Å². The van der Waals surface area contributed by atoms with Crippen LogP contribution in [-0.2, 0) is 18.6 Å². The fraction of sp³-hybridized carbons (Fsp3) is 0.259. The molecule has 11 heteroatoms. The normalized spacial score (nSPS) is 15.8. The Kier molecular flexibility index (Phi) is 5.53. The number of halogens is 2. The topological polar surface area (TPSA) is 112 Å². The largest absolute Gasteiger partial charge is 0.478 e. The van der Waals surface area contributed by atoms with Crippen LogP contribution in [0.15, 0.2) is 48.7 Å². The maximum atomic E-state index is 13.9. The average molecular weight is 536 g/mol. The molecule has 38 heavy (non-hydrogen) atoms. The number of rotatable bonds is 5. The van der Waals surface area contributed by atoms with Gasteiger partial charge in [0.05, 0.1) is 46.7 Å². The lowest BCUT2D eigenvalue weighted by molar-refractivity contribution is 0.0669. The second-order valence-electron chi connectivity index (χ2n) is 9.77. The Bertz CT molecular complexity index is 1580. The van der Waals surface area contributed by atoms with Crippen LogP contribution in [0.5, 0.6) is 0 Å². The summed E-state index contributed by atoms with van der Waals surface area (Å²) in [6.07, 6.45) is 3.07. The first kappa shape index (κ1) is 24.2. The van der Waals surface area contributed by atoms with Crippen molar-refractivity contribution in [2.24, 2.45) is 0 Å². The van der Waals surface area contributed by atoms with E-state index < -0.39 is 17.3 Å². The van der Waals surface area contributed by atoms with Gasteiger partial charge in [-0.2, -0.15) is 5.10 Å². The molecule has 6 rings (SSSR count). The predicted octanol–water partition coefficient (Wildman–Crippen LogP) is 4.27. The minimum absolute atomic E-state index is 0.0289. The first-order chi connectivity index (χ1) is 18.2. The maximum Gasteiger partial charge on any atom is 0.335 e. The van der Waals surface area contributed by atoms with Crippen LogP contribution in [-0.4, -0.2) is 61.0 Å². The maximum absolute atomic E-state index is 13.9. The number of carbonyl (C=O) groups excluding carboxylic acids is 2. The molecule has 0 spiro atoms. The number of nitrogens with one attached hydrogen (secondary N) is 1. The Morgan fingerprint density at radius 3 is 2.55 bits per heavy atom. The number of carboxylic acid groups (broad SMARTS) is 1. The van der Waals surface area contributed by atoms with E-state index in [2.05, 4.69) is 10.1 Å². The second-order valence-corrected chi connectivity index (χ2v) is 10.2. The van der Waals surface area contributed by atoms with E-state index in [4.69, 9.17) is 11.6 Å². The Labute approximate surface area is 221 Å². The Morgan fingerprint density at radius 2 is 1.87 bits per heavy atom. The number of H-pyrrole nitrogens is 1. The zero-order valence-electron chi connectivity index (χ0n) is 20.4. The van der Waals surface area contributed by atoms with Crippen LogP contribution in [0.4, 0.5) is 4.39 Å². The molecule has 1 fully saturated rings. The van der Waals surface area contributed by atoms with E-state index in [0.29, 0.717) is 40.9 Å². The number of aromatic amines is 1. The minimum atomic E-state index is -1.00. The summed E-state index contributed by atoms with van der Waals surface area (Å²) in [5.41, 5.74) is 2.50. The summed E-state index contributed by atoms with van der Waals surface area (Å²) in [5.74, 6) is -2.04. The number of amides is 2. The molecule has 0 bridgehead atoms. The number of aromatic carboxylic acids is 1. The van der Waals surface area contributed by atoms with Gasteiger partial charge in [0.25, 0.3) is 11.8 Å².